The fourth-order valence-electron chi connectivity index (χ4n) is 4.08. The smallest absolute Gasteiger partial charge is 0.243 e. The summed E-state index contributed by atoms with van der Waals surface area (Å²) in [5, 5.41) is 7.76. The van der Waals surface area contributed by atoms with Crippen LogP contribution in [0.1, 0.15) is 43.9 Å². The van der Waals surface area contributed by atoms with Crippen LogP contribution in [-0.2, 0) is 19.5 Å². The lowest BCUT2D eigenvalue weighted by Gasteiger charge is -2.23. The van der Waals surface area contributed by atoms with Crippen molar-refractivity contribution >= 4 is 27.6 Å². The number of nitrogens with one attached hydrogen (secondary N) is 1. The van der Waals surface area contributed by atoms with Gasteiger partial charge in [-0.3, -0.25) is 9.29 Å². The zero-order valence-corrected chi connectivity index (χ0v) is 22.7. The number of hydrogen-bond donors (Lipinski definition) is 1. The Bertz CT molecular complexity index is 1310. The average molecular weight is 553 g/mol. The molecule has 2 heterocycles. The number of methoxy groups -OCH3 is 3. The van der Waals surface area contributed by atoms with E-state index in [1.54, 1.807) is 22.8 Å². The van der Waals surface area contributed by atoms with Crippen LogP contribution in [0.4, 0.5) is 5.95 Å². The number of nitrogens with zero attached hydrogens (tertiary/aromatic N) is 5. The fraction of sp³-hybridized carbons (Fsp3) is 0.478. The highest BCUT2D eigenvalue weighted by molar-refractivity contribution is 7.93. The van der Waals surface area contributed by atoms with Gasteiger partial charge in [0, 0.05) is 32.0 Å². The molecule has 1 aliphatic carbocycles. The molecule has 4 rings (SSSR count). The van der Waals surface area contributed by atoms with Crippen LogP contribution in [0.25, 0.3) is 5.69 Å². The van der Waals surface area contributed by atoms with Crippen molar-refractivity contribution in [1.82, 2.24) is 24.7 Å². The summed E-state index contributed by atoms with van der Waals surface area (Å²) in [5.74, 6) is 1.50. The third-order valence-corrected chi connectivity index (χ3v) is 7.94. The van der Waals surface area contributed by atoms with Gasteiger partial charge in [0.15, 0.2) is 5.82 Å². The topological polar surface area (TPSA) is 140 Å². The molecule has 1 N–H and O–H groups in total. The summed E-state index contributed by atoms with van der Waals surface area (Å²) < 4.78 is 53.7. The molecule has 14 heteroatoms. The van der Waals surface area contributed by atoms with Crippen LogP contribution >= 0.6 is 11.6 Å². The van der Waals surface area contributed by atoms with Gasteiger partial charge in [0.1, 0.15) is 34.4 Å². The third kappa shape index (κ3) is 5.49. The number of ether oxygens (including phenoxy) is 4. The van der Waals surface area contributed by atoms with E-state index in [0.717, 1.165) is 6.42 Å². The number of halogens is 1. The first-order valence-corrected chi connectivity index (χ1v) is 13.5. The molecule has 37 heavy (non-hydrogen) atoms. The number of anilines is 1. The molecule has 0 bridgehead atoms. The second-order valence-electron chi connectivity index (χ2n) is 8.33. The predicted molar refractivity (Wildman–Crippen MR) is 136 cm³/mol. The summed E-state index contributed by atoms with van der Waals surface area (Å²) in [6, 6.07) is 5.26. The Morgan fingerprint density at radius 3 is 2.35 bits per heavy atom. The second-order valence-corrected chi connectivity index (χ2v) is 10.8. The molecule has 1 aliphatic rings. The van der Waals surface area contributed by atoms with Crippen LogP contribution < -0.4 is 14.2 Å². The quantitative estimate of drug-likeness (QED) is 0.356. The molecule has 2 unspecified atom stereocenters. The van der Waals surface area contributed by atoms with Gasteiger partial charge in [0.25, 0.3) is 0 Å². The number of benzene rings is 1. The molecule has 0 spiro atoms. The summed E-state index contributed by atoms with van der Waals surface area (Å²) in [6.45, 7) is 3.96. The van der Waals surface area contributed by atoms with Gasteiger partial charge in [0.2, 0.25) is 16.0 Å². The number of sulfonamides is 1. The van der Waals surface area contributed by atoms with Crippen LogP contribution in [-0.4, -0.2) is 72.4 Å². The van der Waals surface area contributed by atoms with Crippen LogP contribution in [0.15, 0.2) is 30.6 Å². The SMILES string of the molecule is CCO[C@@H]1C[C@H]1c1nnc(NS(=O)(=O)C(C)C(OC)c2ncc(Cl)cn2)n1-c1c(OC)cccc1OC. The van der Waals surface area contributed by atoms with E-state index in [2.05, 4.69) is 24.9 Å². The Morgan fingerprint density at radius 1 is 1.14 bits per heavy atom. The molecular formula is C23H29ClN6O6S. The van der Waals surface area contributed by atoms with Crippen LogP contribution in [0.5, 0.6) is 11.5 Å². The number of aromatic nitrogens is 5. The molecule has 0 amide bonds. The minimum absolute atomic E-state index is 0.0290. The van der Waals surface area contributed by atoms with Gasteiger partial charge >= 0.3 is 0 Å². The first-order valence-electron chi connectivity index (χ1n) is 11.6. The van der Waals surface area contributed by atoms with Gasteiger partial charge in [0.05, 0.1) is 25.3 Å². The minimum atomic E-state index is -4.09. The molecule has 1 aromatic carbocycles. The lowest BCUT2D eigenvalue weighted by molar-refractivity contribution is 0.0950. The summed E-state index contributed by atoms with van der Waals surface area (Å²) in [7, 11) is 0.327. The maximum Gasteiger partial charge on any atom is 0.243 e. The highest BCUT2D eigenvalue weighted by atomic mass is 35.5. The van der Waals surface area contributed by atoms with Crippen LogP contribution in [0.3, 0.4) is 0 Å². The molecule has 1 fully saturated rings. The largest absolute Gasteiger partial charge is 0.494 e. The minimum Gasteiger partial charge on any atom is -0.494 e. The molecule has 1 saturated carbocycles. The van der Waals surface area contributed by atoms with E-state index >= 15 is 0 Å². The number of para-hydroxylation sites is 1. The molecule has 2 aromatic heterocycles. The van der Waals surface area contributed by atoms with Gasteiger partial charge in [-0.15, -0.1) is 10.2 Å². The molecule has 12 nitrogen and oxygen atoms in total. The van der Waals surface area contributed by atoms with Crippen molar-refractivity contribution in [2.75, 3.05) is 32.7 Å². The third-order valence-electron chi connectivity index (χ3n) is 6.06. The van der Waals surface area contributed by atoms with Gasteiger partial charge in [-0.25, -0.2) is 18.4 Å². The second kappa shape index (κ2) is 11.2. The van der Waals surface area contributed by atoms with Crippen molar-refractivity contribution in [2.45, 2.75) is 43.6 Å². The van der Waals surface area contributed by atoms with Crippen molar-refractivity contribution in [3.8, 4) is 17.2 Å². The first kappa shape index (κ1) is 27.0. The molecule has 4 atom stereocenters. The molecule has 0 radical (unpaired) electrons. The Hall–Kier alpha value is -3.00. The highest BCUT2D eigenvalue weighted by Gasteiger charge is 2.45. The molecule has 3 aromatic rings. The van der Waals surface area contributed by atoms with E-state index in [1.807, 2.05) is 6.92 Å². The fourth-order valence-corrected chi connectivity index (χ4v) is 5.30. The first-order chi connectivity index (χ1) is 17.7. The Morgan fingerprint density at radius 2 is 1.78 bits per heavy atom. The molecular weight excluding hydrogens is 524 g/mol. The summed E-state index contributed by atoms with van der Waals surface area (Å²) in [5.41, 5.74) is 0.462. The number of hydrogen-bond acceptors (Lipinski definition) is 10. The maximum atomic E-state index is 13.6. The number of rotatable bonds is 12. The van der Waals surface area contributed by atoms with Crippen molar-refractivity contribution in [1.29, 1.82) is 0 Å². The van der Waals surface area contributed by atoms with Crippen LogP contribution in [0, 0.1) is 0 Å². The van der Waals surface area contributed by atoms with E-state index in [4.69, 9.17) is 30.5 Å². The van der Waals surface area contributed by atoms with E-state index in [9.17, 15) is 8.42 Å². The Labute approximate surface area is 220 Å². The van der Waals surface area contributed by atoms with Crippen LogP contribution in [0.2, 0.25) is 5.02 Å². The molecule has 200 valence electrons. The normalized spacial score (nSPS) is 18.8. The monoisotopic (exact) mass is 552 g/mol. The highest BCUT2D eigenvalue weighted by Crippen LogP contribution is 2.46. The van der Waals surface area contributed by atoms with Gasteiger partial charge in [-0.2, -0.15) is 0 Å². The van der Waals surface area contributed by atoms with Crippen molar-refractivity contribution in [3.05, 3.63) is 47.3 Å². The molecule has 0 saturated heterocycles. The van der Waals surface area contributed by atoms with Gasteiger partial charge in [-0.05, 0) is 32.4 Å². The standard InChI is InChI=1S/C23H29ClN6O6S/c1-6-36-18-10-15(18)22-27-28-23(30(22)19-16(33-3)8-7-9-17(19)34-4)29-37(31,32)13(2)20(35-5)21-25-11-14(24)12-26-21/h7-9,11-13,15,18,20H,6,10H2,1-5H3,(H,28,29)/t13?,15-,18-,20?/m1/s1. The summed E-state index contributed by atoms with van der Waals surface area (Å²) >= 11 is 5.88. The zero-order chi connectivity index (χ0) is 26.7. The lowest BCUT2D eigenvalue weighted by atomic mass is 10.2. The molecule has 0 aliphatic heterocycles. The van der Waals surface area contributed by atoms with Crippen molar-refractivity contribution < 1.29 is 27.4 Å². The summed E-state index contributed by atoms with van der Waals surface area (Å²) in [4.78, 5) is 8.25. The van der Waals surface area contributed by atoms with Gasteiger partial charge in [-0.1, -0.05) is 17.7 Å². The summed E-state index contributed by atoms with van der Waals surface area (Å²) in [6.07, 6.45) is 2.47. The lowest BCUT2D eigenvalue weighted by Crippen LogP contribution is -2.33. The van der Waals surface area contributed by atoms with E-state index in [-0.39, 0.29) is 23.8 Å². The van der Waals surface area contributed by atoms with Crippen molar-refractivity contribution in [3.63, 3.8) is 0 Å². The predicted octanol–water partition coefficient (Wildman–Crippen LogP) is 3.14. The Kier molecular flexibility index (Phi) is 8.17. The maximum absolute atomic E-state index is 13.6. The van der Waals surface area contributed by atoms with Gasteiger partial charge < -0.3 is 18.9 Å². The van der Waals surface area contributed by atoms with E-state index < -0.39 is 21.4 Å². The zero-order valence-electron chi connectivity index (χ0n) is 21.1. The Balaban J connectivity index is 1.76. The van der Waals surface area contributed by atoms with E-state index in [0.29, 0.717) is 34.6 Å². The average Bonchev–Trinajstić information content (AvgIpc) is 3.54. The van der Waals surface area contributed by atoms with E-state index in [1.165, 1.54) is 40.6 Å². The van der Waals surface area contributed by atoms with Crippen molar-refractivity contribution in [2.24, 2.45) is 0 Å².